The zero-order valence-corrected chi connectivity index (χ0v) is 11.6. The first-order valence-corrected chi connectivity index (χ1v) is 7.13. The summed E-state index contributed by atoms with van der Waals surface area (Å²) in [5.74, 6) is -0.324. The summed E-state index contributed by atoms with van der Waals surface area (Å²) in [4.78, 5) is 0. The molecule has 0 bridgehead atoms. The molecule has 1 aromatic carbocycles. The first-order valence-electron chi connectivity index (χ1n) is 5.48. The number of hydrogen-bond donors (Lipinski definition) is 3. The predicted octanol–water partition coefficient (Wildman–Crippen LogP) is 0.478. The van der Waals surface area contributed by atoms with Crippen LogP contribution >= 0.6 is 0 Å². The topological polar surface area (TPSA) is 114 Å². The molecule has 0 saturated carbocycles. The van der Waals surface area contributed by atoms with Gasteiger partial charge in [0.25, 0.3) is 0 Å². The Labute approximate surface area is 112 Å². The zero-order chi connectivity index (χ0) is 14.5. The second-order valence-corrected chi connectivity index (χ2v) is 5.74. The molecule has 0 spiro atoms. The van der Waals surface area contributed by atoms with Crippen molar-refractivity contribution in [3.05, 3.63) is 29.3 Å². The fourth-order valence-corrected chi connectivity index (χ4v) is 2.55. The number of nitrogens with zero attached hydrogens (tertiary/aromatic N) is 1. The van der Waals surface area contributed by atoms with E-state index in [1.165, 1.54) is 7.11 Å². The van der Waals surface area contributed by atoms with Gasteiger partial charge in [0.1, 0.15) is 0 Å². The van der Waals surface area contributed by atoms with Crippen molar-refractivity contribution >= 4 is 21.5 Å². The number of anilines is 1. The van der Waals surface area contributed by atoms with Crippen molar-refractivity contribution in [2.45, 2.75) is 6.92 Å². The van der Waals surface area contributed by atoms with Crippen molar-refractivity contribution in [2.24, 2.45) is 10.9 Å². The van der Waals surface area contributed by atoms with Gasteiger partial charge in [0.15, 0.2) is 5.84 Å². The highest BCUT2D eigenvalue weighted by Crippen LogP contribution is 2.20. The van der Waals surface area contributed by atoms with Crippen molar-refractivity contribution in [1.29, 1.82) is 0 Å². The lowest BCUT2D eigenvalue weighted by Crippen LogP contribution is -2.23. The molecule has 0 unspecified atom stereocenters. The predicted molar refractivity (Wildman–Crippen MR) is 73.0 cm³/mol. The van der Waals surface area contributed by atoms with Crippen LogP contribution in [0.15, 0.2) is 23.4 Å². The molecule has 1 aromatic rings. The lowest BCUT2D eigenvalue weighted by molar-refractivity contribution is 0.217. The van der Waals surface area contributed by atoms with Crippen LogP contribution in [-0.4, -0.2) is 38.9 Å². The number of aryl methyl sites for hydroxylation is 1. The second-order valence-electron chi connectivity index (χ2n) is 3.90. The Morgan fingerprint density at radius 1 is 1.53 bits per heavy atom. The number of nitrogens with two attached hydrogens (primary N) is 1. The SMILES string of the molecule is COCCS(=O)(=O)Nc1cccc(C)c1/C(N)=N/O. The second kappa shape index (κ2) is 6.39. The largest absolute Gasteiger partial charge is 0.409 e. The molecular weight excluding hydrogens is 270 g/mol. The van der Waals surface area contributed by atoms with Crippen LogP contribution in [-0.2, 0) is 14.8 Å². The highest BCUT2D eigenvalue weighted by Gasteiger charge is 2.16. The molecule has 0 aliphatic carbocycles. The van der Waals surface area contributed by atoms with Crippen LogP contribution in [0.4, 0.5) is 5.69 Å². The summed E-state index contributed by atoms with van der Waals surface area (Å²) in [6.45, 7) is 1.82. The van der Waals surface area contributed by atoms with Gasteiger partial charge >= 0.3 is 0 Å². The minimum absolute atomic E-state index is 0.0834. The molecule has 0 aromatic heterocycles. The number of benzene rings is 1. The third-order valence-electron chi connectivity index (χ3n) is 2.46. The Balaban J connectivity index is 3.12. The standard InChI is InChI=1S/C11H17N3O4S/c1-8-4-3-5-9(10(8)11(12)13-15)14-19(16,17)7-6-18-2/h3-5,14-15H,6-7H2,1-2H3,(H2,12,13). The summed E-state index contributed by atoms with van der Waals surface area (Å²) in [5.41, 5.74) is 6.87. The van der Waals surface area contributed by atoms with Crippen molar-refractivity contribution in [3.63, 3.8) is 0 Å². The molecule has 8 heteroatoms. The van der Waals surface area contributed by atoms with E-state index in [0.717, 1.165) is 0 Å². The smallest absolute Gasteiger partial charge is 0.235 e. The van der Waals surface area contributed by atoms with Crippen LogP contribution in [0.1, 0.15) is 11.1 Å². The Morgan fingerprint density at radius 3 is 2.79 bits per heavy atom. The van der Waals surface area contributed by atoms with Crippen LogP contribution in [0.5, 0.6) is 0 Å². The van der Waals surface area contributed by atoms with Gasteiger partial charge < -0.3 is 15.7 Å². The molecule has 0 aliphatic heterocycles. The maximum absolute atomic E-state index is 11.8. The summed E-state index contributed by atoms with van der Waals surface area (Å²) >= 11 is 0. The van der Waals surface area contributed by atoms with Gasteiger partial charge in [-0.25, -0.2) is 8.42 Å². The Kier molecular flexibility index (Phi) is 5.13. The van der Waals surface area contributed by atoms with E-state index in [9.17, 15) is 8.42 Å². The number of ether oxygens (including phenoxy) is 1. The van der Waals surface area contributed by atoms with E-state index in [4.69, 9.17) is 15.7 Å². The lowest BCUT2D eigenvalue weighted by atomic mass is 10.1. The Morgan fingerprint density at radius 2 is 2.21 bits per heavy atom. The Bertz CT molecular complexity index is 569. The highest BCUT2D eigenvalue weighted by atomic mass is 32.2. The monoisotopic (exact) mass is 287 g/mol. The van der Waals surface area contributed by atoms with Crippen LogP contribution in [0.2, 0.25) is 0 Å². The van der Waals surface area contributed by atoms with Gasteiger partial charge in [-0.2, -0.15) is 0 Å². The van der Waals surface area contributed by atoms with E-state index in [-0.39, 0.29) is 23.9 Å². The highest BCUT2D eigenvalue weighted by molar-refractivity contribution is 7.92. The van der Waals surface area contributed by atoms with Crippen LogP contribution < -0.4 is 10.5 Å². The fraction of sp³-hybridized carbons (Fsp3) is 0.364. The number of rotatable bonds is 6. The molecule has 0 amide bonds. The molecule has 7 nitrogen and oxygen atoms in total. The van der Waals surface area contributed by atoms with Gasteiger partial charge in [-0.3, -0.25) is 4.72 Å². The van der Waals surface area contributed by atoms with Gasteiger partial charge in [-0.05, 0) is 18.6 Å². The number of amidine groups is 1. The third-order valence-corrected chi connectivity index (χ3v) is 3.69. The summed E-state index contributed by atoms with van der Waals surface area (Å²) < 4.78 is 30.7. The Hall–Kier alpha value is -1.80. The molecular formula is C11H17N3O4S. The lowest BCUT2D eigenvalue weighted by Gasteiger charge is -2.13. The number of methoxy groups -OCH3 is 1. The van der Waals surface area contributed by atoms with E-state index >= 15 is 0 Å². The average molecular weight is 287 g/mol. The normalized spacial score (nSPS) is 12.4. The van der Waals surface area contributed by atoms with Gasteiger partial charge in [0, 0.05) is 12.7 Å². The number of oxime groups is 1. The van der Waals surface area contributed by atoms with Crippen LogP contribution in [0.3, 0.4) is 0 Å². The maximum Gasteiger partial charge on any atom is 0.235 e. The maximum atomic E-state index is 11.8. The van der Waals surface area contributed by atoms with Gasteiger partial charge in [-0.15, -0.1) is 0 Å². The van der Waals surface area contributed by atoms with Crippen LogP contribution in [0, 0.1) is 6.92 Å². The average Bonchev–Trinajstić information content (AvgIpc) is 2.35. The molecule has 0 atom stereocenters. The number of sulfonamides is 1. The molecule has 1 rings (SSSR count). The van der Waals surface area contributed by atoms with Crippen molar-refractivity contribution in [3.8, 4) is 0 Å². The van der Waals surface area contributed by atoms with Gasteiger partial charge in [-0.1, -0.05) is 17.3 Å². The van der Waals surface area contributed by atoms with Crippen molar-refractivity contribution < 1.29 is 18.4 Å². The number of hydrogen-bond acceptors (Lipinski definition) is 5. The van der Waals surface area contributed by atoms with Gasteiger partial charge in [0.2, 0.25) is 10.0 Å². The van der Waals surface area contributed by atoms with E-state index in [0.29, 0.717) is 11.1 Å². The van der Waals surface area contributed by atoms with E-state index < -0.39 is 10.0 Å². The van der Waals surface area contributed by atoms with Crippen LogP contribution in [0.25, 0.3) is 0 Å². The zero-order valence-electron chi connectivity index (χ0n) is 10.8. The molecule has 0 heterocycles. The molecule has 106 valence electrons. The van der Waals surface area contributed by atoms with Crippen molar-refractivity contribution in [1.82, 2.24) is 0 Å². The third kappa shape index (κ3) is 4.11. The molecule has 0 saturated heterocycles. The van der Waals surface area contributed by atoms with E-state index in [2.05, 4.69) is 9.88 Å². The molecule has 0 radical (unpaired) electrons. The molecule has 0 fully saturated rings. The minimum Gasteiger partial charge on any atom is -0.409 e. The summed E-state index contributed by atoms with van der Waals surface area (Å²) in [6, 6.07) is 4.96. The summed E-state index contributed by atoms with van der Waals surface area (Å²) in [6.07, 6.45) is 0. The van der Waals surface area contributed by atoms with E-state index in [1.807, 2.05) is 0 Å². The van der Waals surface area contributed by atoms with Crippen molar-refractivity contribution in [2.75, 3.05) is 24.2 Å². The fourth-order valence-electron chi connectivity index (χ4n) is 1.55. The molecule has 19 heavy (non-hydrogen) atoms. The summed E-state index contributed by atoms with van der Waals surface area (Å²) in [5, 5.41) is 11.6. The van der Waals surface area contributed by atoms with Gasteiger partial charge in [0.05, 0.1) is 18.0 Å². The molecule has 0 aliphatic rings. The van der Waals surface area contributed by atoms with E-state index in [1.54, 1.807) is 25.1 Å². The minimum atomic E-state index is -3.54. The number of nitrogens with one attached hydrogen (secondary N) is 1. The summed E-state index contributed by atoms with van der Waals surface area (Å²) in [7, 11) is -2.12. The first-order chi connectivity index (χ1) is 8.91. The molecule has 4 N–H and O–H groups in total. The quantitative estimate of drug-likeness (QED) is 0.305. The first kappa shape index (κ1) is 15.3.